The molecule has 170 valence electrons. The molecule has 3 N–H and O–H groups in total. The van der Waals surface area contributed by atoms with E-state index in [1.165, 1.54) is 6.07 Å². The number of halogens is 1. The Morgan fingerprint density at radius 2 is 1.91 bits per heavy atom. The fraction of sp³-hybridized carbons (Fsp3) is 0.440. The van der Waals surface area contributed by atoms with Crippen molar-refractivity contribution in [3.05, 3.63) is 65.1 Å². The number of benzene rings is 2. The number of sulfonamides is 1. The van der Waals surface area contributed by atoms with Gasteiger partial charge in [-0.15, -0.1) is 0 Å². The van der Waals surface area contributed by atoms with Gasteiger partial charge in [0, 0.05) is 28.7 Å². The second-order valence-electron chi connectivity index (χ2n) is 9.17. The smallest absolute Gasteiger partial charge is 0.240 e. The molecule has 0 radical (unpaired) electrons. The SMILES string of the molecule is CCCC[C@H]1Cc2c([nH]c3ccc(F)cc23)C(c2ccc(S(=O)(=O)NC3CCC3)cc2)N1. The number of aromatic nitrogens is 1. The molecule has 2 atom stereocenters. The molecule has 2 aliphatic rings. The van der Waals surface area contributed by atoms with Gasteiger partial charge in [0.15, 0.2) is 0 Å². The van der Waals surface area contributed by atoms with Crippen LogP contribution in [-0.4, -0.2) is 25.5 Å². The van der Waals surface area contributed by atoms with Crippen LogP contribution >= 0.6 is 0 Å². The number of unbranched alkanes of at least 4 members (excludes halogenated alkanes) is 1. The van der Waals surface area contributed by atoms with Crippen LogP contribution in [-0.2, 0) is 16.4 Å². The fourth-order valence-corrected chi connectivity index (χ4v) is 6.19. The van der Waals surface area contributed by atoms with Crippen LogP contribution < -0.4 is 10.0 Å². The number of rotatable bonds is 7. The molecule has 32 heavy (non-hydrogen) atoms. The topological polar surface area (TPSA) is 74.0 Å². The first kappa shape index (κ1) is 21.6. The standard InChI is InChI=1S/C25H30FN3O2S/c1-2-3-5-19-15-22-21-14-17(26)10-13-23(21)28-25(22)24(27-19)16-8-11-20(12-9-16)32(30,31)29-18-6-4-7-18/h8-14,18-19,24,27-29H,2-7,15H2,1H3/t19-,24?/m0/s1. The minimum atomic E-state index is -3.50. The monoisotopic (exact) mass is 455 g/mol. The molecule has 0 spiro atoms. The van der Waals surface area contributed by atoms with Gasteiger partial charge < -0.3 is 10.3 Å². The molecule has 1 unspecified atom stereocenters. The van der Waals surface area contributed by atoms with Crippen LogP contribution in [0.2, 0.25) is 0 Å². The summed E-state index contributed by atoms with van der Waals surface area (Å²) >= 11 is 0. The Hall–Kier alpha value is -2.22. The van der Waals surface area contributed by atoms with E-state index in [0.29, 0.717) is 10.9 Å². The van der Waals surface area contributed by atoms with Crippen molar-refractivity contribution in [2.75, 3.05) is 0 Å². The molecule has 1 aromatic heterocycles. The molecule has 5 nitrogen and oxygen atoms in total. The third-order valence-corrected chi connectivity index (χ3v) is 8.44. The molecule has 3 aromatic rings. The normalized spacial score (nSPS) is 21.4. The minimum Gasteiger partial charge on any atom is -0.357 e. The summed E-state index contributed by atoms with van der Waals surface area (Å²) in [7, 11) is -3.50. The maximum absolute atomic E-state index is 14.0. The molecule has 1 fully saturated rings. The molecule has 0 amide bonds. The van der Waals surface area contributed by atoms with Crippen molar-refractivity contribution in [3.63, 3.8) is 0 Å². The van der Waals surface area contributed by atoms with Crippen molar-refractivity contribution in [2.45, 2.75) is 74.9 Å². The Morgan fingerprint density at radius 1 is 1.12 bits per heavy atom. The van der Waals surface area contributed by atoms with E-state index >= 15 is 0 Å². The maximum atomic E-state index is 14.0. The van der Waals surface area contributed by atoms with Gasteiger partial charge in [0.2, 0.25) is 10.0 Å². The van der Waals surface area contributed by atoms with Crippen LogP contribution in [0.3, 0.4) is 0 Å². The first-order valence-electron chi connectivity index (χ1n) is 11.6. The molecule has 1 saturated carbocycles. The molecule has 5 rings (SSSR count). The highest BCUT2D eigenvalue weighted by molar-refractivity contribution is 7.89. The Labute approximate surface area is 188 Å². The number of fused-ring (bicyclic) bond motifs is 3. The van der Waals surface area contributed by atoms with Crippen LogP contribution in [0, 0.1) is 5.82 Å². The first-order chi connectivity index (χ1) is 15.4. The van der Waals surface area contributed by atoms with E-state index in [1.807, 2.05) is 12.1 Å². The molecule has 1 aliphatic carbocycles. The third-order valence-electron chi connectivity index (χ3n) is 6.90. The summed E-state index contributed by atoms with van der Waals surface area (Å²) in [6.07, 6.45) is 7.05. The van der Waals surface area contributed by atoms with Gasteiger partial charge in [-0.2, -0.15) is 0 Å². The molecular formula is C25H30FN3O2S. The van der Waals surface area contributed by atoms with E-state index in [4.69, 9.17) is 0 Å². The van der Waals surface area contributed by atoms with Crippen molar-refractivity contribution in [1.29, 1.82) is 0 Å². The van der Waals surface area contributed by atoms with Crippen LogP contribution in [0.15, 0.2) is 47.4 Å². The molecule has 2 aromatic carbocycles. The van der Waals surface area contributed by atoms with Gasteiger partial charge in [0.1, 0.15) is 5.82 Å². The van der Waals surface area contributed by atoms with E-state index in [0.717, 1.165) is 72.7 Å². The summed E-state index contributed by atoms with van der Waals surface area (Å²) < 4.78 is 42.1. The average Bonchev–Trinajstić information content (AvgIpc) is 3.12. The zero-order valence-electron chi connectivity index (χ0n) is 18.3. The lowest BCUT2D eigenvalue weighted by Crippen LogP contribution is -2.40. The van der Waals surface area contributed by atoms with Crippen LogP contribution in [0.5, 0.6) is 0 Å². The van der Waals surface area contributed by atoms with E-state index in [1.54, 1.807) is 24.3 Å². The molecule has 1 aliphatic heterocycles. The van der Waals surface area contributed by atoms with Gasteiger partial charge in [-0.3, -0.25) is 0 Å². The van der Waals surface area contributed by atoms with Gasteiger partial charge in [-0.05, 0) is 67.1 Å². The zero-order chi connectivity index (χ0) is 22.3. The van der Waals surface area contributed by atoms with E-state index in [2.05, 4.69) is 21.9 Å². The number of nitrogens with one attached hydrogen (secondary N) is 3. The van der Waals surface area contributed by atoms with Gasteiger partial charge in [-0.25, -0.2) is 17.5 Å². The predicted molar refractivity (Wildman–Crippen MR) is 125 cm³/mol. The van der Waals surface area contributed by atoms with Gasteiger partial charge in [0.25, 0.3) is 0 Å². The number of hydrogen-bond acceptors (Lipinski definition) is 3. The molecular weight excluding hydrogens is 425 g/mol. The maximum Gasteiger partial charge on any atom is 0.240 e. The van der Waals surface area contributed by atoms with Crippen LogP contribution in [0.4, 0.5) is 4.39 Å². The highest BCUT2D eigenvalue weighted by Gasteiger charge is 2.31. The minimum absolute atomic E-state index is 0.0633. The zero-order valence-corrected chi connectivity index (χ0v) is 19.1. The van der Waals surface area contributed by atoms with E-state index < -0.39 is 10.0 Å². The van der Waals surface area contributed by atoms with Gasteiger partial charge in [0.05, 0.1) is 10.9 Å². The fourth-order valence-electron chi connectivity index (χ4n) is 4.88. The molecule has 0 saturated heterocycles. The number of H-pyrrole nitrogens is 1. The van der Waals surface area contributed by atoms with Gasteiger partial charge in [-0.1, -0.05) is 38.3 Å². The summed E-state index contributed by atoms with van der Waals surface area (Å²) in [5.74, 6) is -0.229. The Bertz CT molecular complexity index is 1220. The van der Waals surface area contributed by atoms with Crippen molar-refractivity contribution in [3.8, 4) is 0 Å². The van der Waals surface area contributed by atoms with E-state index in [9.17, 15) is 12.8 Å². The largest absolute Gasteiger partial charge is 0.357 e. The lowest BCUT2D eigenvalue weighted by atomic mass is 9.88. The molecule has 0 bridgehead atoms. The van der Waals surface area contributed by atoms with Crippen molar-refractivity contribution in [1.82, 2.24) is 15.0 Å². The summed E-state index contributed by atoms with van der Waals surface area (Å²) in [5, 5.41) is 4.70. The highest BCUT2D eigenvalue weighted by Crippen LogP contribution is 2.36. The second-order valence-corrected chi connectivity index (χ2v) is 10.9. The van der Waals surface area contributed by atoms with Crippen molar-refractivity contribution >= 4 is 20.9 Å². The quantitative estimate of drug-likeness (QED) is 0.473. The predicted octanol–water partition coefficient (Wildman–Crippen LogP) is 4.93. The summed E-state index contributed by atoms with van der Waals surface area (Å²) in [6, 6.07) is 12.3. The van der Waals surface area contributed by atoms with Gasteiger partial charge >= 0.3 is 0 Å². The number of hydrogen-bond donors (Lipinski definition) is 3. The third kappa shape index (κ3) is 4.09. The first-order valence-corrected chi connectivity index (χ1v) is 13.1. The summed E-state index contributed by atoms with van der Waals surface area (Å²) in [5.41, 5.74) is 4.14. The van der Waals surface area contributed by atoms with Crippen molar-refractivity contribution in [2.24, 2.45) is 0 Å². The average molecular weight is 456 g/mol. The highest BCUT2D eigenvalue weighted by atomic mass is 32.2. The summed E-state index contributed by atoms with van der Waals surface area (Å²) in [6.45, 7) is 2.18. The summed E-state index contributed by atoms with van der Waals surface area (Å²) in [4.78, 5) is 3.79. The number of aromatic amines is 1. The van der Waals surface area contributed by atoms with E-state index in [-0.39, 0.29) is 17.9 Å². The Kier molecular flexibility index (Phi) is 5.82. The molecule has 2 heterocycles. The lowest BCUT2D eigenvalue weighted by molar-refractivity contribution is 0.383. The molecule has 7 heteroatoms. The van der Waals surface area contributed by atoms with Crippen molar-refractivity contribution < 1.29 is 12.8 Å². The second kappa shape index (κ2) is 8.61. The van der Waals surface area contributed by atoms with Crippen LogP contribution in [0.25, 0.3) is 10.9 Å². The van der Waals surface area contributed by atoms with Crippen LogP contribution in [0.1, 0.15) is 68.3 Å². The lowest BCUT2D eigenvalue weighted by Gasteiger charge is -2.32. The Balaban J connectivity index is 1.48. The Morgan fingerprint density at radius 3 is 2.59 bits per heavy atom.